The van der Waals surface area contributed by atoms with E-state index in [-0.39, 0.29) is 11.3 Å². The summed E-state index contributed by atoms with van der Waals surface area (Å²) in [5.41, 5.74) is 0.643. The monoisotopic (exact) mass is 278 g/mol. The Morgan fingerprint density at radius 1 is 1.00 bits per heavy atom. The fraction of sp³-hybridized carbons (Fsp3) is 0. The molecule has 2 aromatic rings. The van der Waals surface area contributed by atoms with Crippen molar-refractivity contribution in [2.75, 3.05) is 0 Å². The lowest BCUT2D eigenvalue weighted by Gasteiger charge is -2.05. The van der Waals surface area contributed by atoms with Gasteiger partial charge < -0.3 is 4.74 Å². The second kappa shape index (κ2) is 5.61. The molecule has 0 atom stereocenters. The van der Waals surface area contributed by atoms with E-state index in [1.54, 1.807) is 0 Å². The molecule has 0 saturated heterocycles. The van der Waals surface area contributed by atoms with Gasteiger partial charge in [-0.25, -0.2) is 18.0 Å². The number of carbonyl (C=O) groups is 1. The van der Waals surface area contributed by atoms with E-state index in [0.29, 0.717) is 5.56 Å². The number of ether oxygens (including phenoxy) is 1. The van der Waals surface area contributed by atoms with Crippen molar-refractivity contribution in [1.82, 2.24) is 0 Å². The highest BCUT2D eigenvalue weighted by Crippen LogP contribution is 2.25. The molecule has 0 unspecified atom stereocenters. The summed E-state index contributed by atoms with van der Waals surface area (Å²) in [5.74, 6) is -4.38. The van der Waals surface area contributed by atoms with Crippen molar-refractivity contribution in [2.45, 2.75) is 0 Å². The summed E-state index contributed by atoms with van der Waals surface area (Å²) in [7, 11) is 0. The number of benzene rings is 2. The van der Waals surface area contributed by atoms with Gasteiger partial charge in [-0.3, -0.25) is 0 Å². The molecule has 0 amide bonds. The first-order valence-electron chi connectivity index (χ1n) is 5.60. The van der Waals surface area contributed by atoms with Crippen LogP contribution >= 0.6 is 0 Å². The van der Waals surface area contributed by atoms with E-state index in [1.165, 1.54) is 24.3 Å². The van der Waals surface area contributed by atoms with Crippen molar-refractivity contribution < 1.29 is 22.7 Å². The van der Waals surface area contributed by atoms with Gasteiger partial charge in [0.25, 0.3) is 0 Å². The Hall–Kier alpha value is -2.56. The van der Waals surface area contributed by atoms with Crippen LogP contribution in [0, 0.1) is 17.5 Å². The van der Waals surface area contributed by atoms with E-state index in [2.05, 4.69) is 6.58 Å². The number of hydrogen-bond acceptors (Lipinski definition) is 2. The molecule has 20 heavy (non-hydrogen) atoms. The average Bonchev–Trinajstić information content (AvgIpc) is 2.45. The van der Waals surface area contributed by atoms with Crippen LogP contribution in [-0.2, 0) is 4.79 Å². The average molecular weight is 278 g/mol. The molecule has 0 N–H and O–H groups in total. The maximum atomic E-state index is 13.1. The summed E-state index contributed by atoms with van der Waals surface area (Å²) in [6.45, 7) is 3.26. The standard InChI is InChI=1S/C15H9F3O2/c1-2-14(19)20-11-5-3-9(4-6-11)10-7-12(16)15(18)13(17)8-10/h2-8H,1H2. The van der Waals surface area contributed by atoms with Gasteiger partial charge in [-0.1, -0.05) is 18.7 Å². The van der Waals surface area contributed by atoms with E-state index in [0.717, 1.165) is 18.2 Å². The fourth-order valence-electron chi connectivity index (χ4n) is 1.60. The molecule has 102 valence electrons. The highest BCUT2D eigenvalue weighted by molar-refractivity contribution is 5.83. The summed E-state index contributed by atoms with van der Waals surface area (Å²) in [6.07, 6.45) is 1.01. The lowest BCUT2D eigenvalue weighted by atomic mass is 10.1. The third kappa shape index (κ3) is 2.88. The third-order valence-electron chi connectivity index (χ3n) is 2.56. The first kappa shape index (κ1) is 13.9. The molecule has 0 aliphatic heterocycles. The second-order valence-electron chi connectivity index (χ2n) is 3.90. The number of hydrogen-bond donors (Lipinski definition) is 0. The third-order valence-corrected chi connectivity index (χ3v) is 2.56. The van der Waals surface area contributed by atoms with E-state index in [9.17, 15) is 18.0 Å². The molecule has 0 aliphatic carbocycles. The summed E-state index contributed by atoms with van der Waals surface area (Å²) in [5, 5.41) is 0. The molecule has 2 aromatic carbocycles. The number of rotatable bonds is 3. The maximum Gasteiger partial charge on any atom is 0.335 e. The minimum Gasteiger partial charge on any atom is -0.423 e. The van der Waals surface area contributed by atoms with Crippen LogP contribution in [0.2, 0.25) is 0 Å². The Morgan fingerprint density at radius 2 is 1.55 bits per heavy atom. The van der Waals surface area contributed by atoms with Crippen molar-refractivity contribution in [1.29, 1.82) is 0 Å². The van der Waals surface area contributed by atoms with Crippen LogP contribution in [0.25, 0.3) is 11.1 Å². The van der Waals surface area contributed by atoms with Crippen molar-refractivity contribution in [3.05, 3.63) is 66.5 Å². The molecule has 0 bridgehead atoms. The normalized spacial score (nSPS) is 10.2. The molecule has 0 aromatic heterocycles. The highest BCUT2D eigenvalue weighted by Gasteiger charge is 2.11. The highest BCUT2D eigenvalue weighted by atomic mass is 19.2. The van der Waals surface area contributed by atoms with Gasteiger partial charge in [-0.05, 0) is 35.4 Å². The van der Waals surface area contributed by atoms with E-state index < -0.39 is 23.4 Å². The molecule has 0 heterocycles. The zero-order valence-corrected chi connectivity index (χ0v) is 10.2. The fourth-order valence-corrected chi connectivity index (χ4v) is 1.60. The Bertz CT molecular complexity index is 640. The molecular weight excluding hydrogens is 269 g/mol. The molecule has 0 aliphatic rings. The first-order chi connectivity index (χ1) is 9.51. The van der Waals surface area contributed by atoms with Crippen LogP contribution in [0.5, 0.6) is 5.75 Å². The molecule has 0 radical (unpaired) electrons. The van der Waals surface area contributed by atoms with Gasteiger partial charge >= 0.3 is 5.97 Å². The summed E-state index contributed by atoms with van der Waals surface area (Å²) in [6, 6.07) is 7.69. The molecule has 2 nitrogen and oxygen atoms in total. The van der Waals surface area contributed by atoms with E-state index in [1.807, 2.05) is 0 Å². The van der Waals surface area contributed by atoms with Gasteiger partial charge in [-0.2, -0.15) is 0 Å². The van der Waals surface area contributed by atoms with E-state index >= 15 is 0 Å². The van der Waals surface area contributed by atoms with Crippen molar-refractivity contribution in [3.8, 4) is 16.9 Å². The molecule has 2 rings (SSSR count). The maximum absolute atomic E-state index is 13.1. The predicted octanol–water partition coefficient (Wildman–Crippen LogP) is 3.86. The zero-order chi connectivity index (χ0) is 14.7. The molecule has 0 saturated carbocycles. The smallest absolute Gasteiger partial charge is 0.335 e. The Morgan fingerprint density at radius 3 is 2.05 bits per heavy atom. The number of halogens is 3. The van der Waals surface area contributed by atoms with Gasteiger partial charge in [0.1, 0.15) is 5.75 Å². The van der Waals surface area contributed by atoms with E-state index in [4.69, 9.17) is 4.74 Å². The topological polar surface area (TPSA) is 26.3 Å². The van der Waals surface area contributed by atoms with Gasteiger partial charge in [0.15, 0.2) is 17.5 Å². The van der Waals surface area contributed by atoms with Crippen LogP contribution < -0.4 is 4.74 Å². The Labute approximate surface area is 113 Å². The molecule has 0 spiro atoms. The van der Waals surface area contributed by atoms with Crippen LogP contribution in [0.15, 0.2) is 49.1 Å². The summed E-state index contributed by atoms with van der Waals surface area (Å²) >= 11 is 0. The van der Waals surface area contributed by atoms with Gasteiger partial charge in [0, 0.05) is 6.08 Å². The van der Waals surface area contributed by atoms with Gasteiger partial charge in [0.05, 0.1) is 0 Å². The minimum atomic E-state index is -1.51. The molecule has 0 fully saturated rings. The Kier molecular flexibility index (Phi) is 3.89. The first-order valence-corrected chi connectivity index (χ1v) is 5.60. The lowest BCUT2D eigenvalue weighted by Crippen LogP contribution is -2.02. The number of esters is 1. The zero-order valence-electron chi connectivity index (χ0n) is 10.2. The van der Waals surface area contributed by atoms with Gasteiger partial charge in [-0.15, -0.1) is 0 Å². The predicted molar refractivity (Wildman–Crippen MR) is 67.6 cm³/mol. The minimum absolute atomic E-state index is 0.183. The van der Waals surface area contributed by atoms with Crippen molar-refractivity contribution >= 4 is 5.97 Å². The summed E-state index contributed by atoms with van der Waals surface area (Å²) in [4.78, 5) is 11.0. The summed E-state index contributed by atoms with van der Waals surface area (Å²) < 4.78 is 44.0. The largest absolute Gasteiger partial charge is 0.423 e. The Balaban J connectivity index is 2.30. The van der Waals surface area contributed by atoms with Crippen LogP contribution in [-0.4, -0.2) is 5.97 Å². The second-order valence-corrected chi connectivity index (χ2v) is 3.90. The van der Waals surface area contributed by atoms with Crippen LogP contribution in [0.1, 0.15) is 0 Å². The van der Waals surface area contributed by atoms with Crippen LogP contribution in [0.4, 0.5) is 13.2 Å². The SMILES string of the molecule is C=CC(=O)Oc1ccc(-c2cc(F)c(F)c(F)c2)cc1. The lowest BCUT2D eigenvalue weighted by molar-refractivity contribution is -0.128. The van der Waals surface area contributed by atoms with Crippen LogP contribution in [0.3, 0.4) is 0 Å². The quantitative estimate of drug-likeness (QED) is 0.369. The van der Waals surface area contributed by atoms with Gasteiger partial charge in [0.2, 0.25) is 0 Å². The number of carbonyl (C=O) groups excluding carboxylic acids is 1. The molecule has 5 heteroatoms. The van der Waals surface area contributed by atoms with Crippen molar-refractivity contribution in [2.24, 2.45) is 0 Å². The van der Waals surface area contributed by atoms with Crippen molar-refractivity contribution in [3.63, 3.8) is 0 Å². The molecular formula is C15H9F3O2.